The zero-order valence-electron chi connectivity index (χ0n) is 9.94. The van der Waals surface area contributed by atoms with E-state index in [9.17, 15) is 9.18 Å². The van der Waals surface area contributed by atoms with E-state index in [4.69, 9.17) is 0 Å². The third kappa shape index (κ3) is 4.34. The van der Waals surface area contributed by atoms with Crippen LogP contribution in [0.4, 0.5) is 10.1 Å². The molecule has 2 aromatic rings. The standard InChI is InChI=1S/C15H11BrFNO/c16-12-4-1-3-11(9-12)7-8-15(19)18-14-6-2-5-13(17)10-14/h1-10H,(H,18,19)/b8-7+. The first-order valence-corrected chi connectivity index (χ1v) is 6.43. The van der Waals surface area contributed by atoms with Crippen LogP contribution in [0.15, 0.2) is 59.1 Å². The van der Waals surface area contributed by atoms with Gasteiger partial charge >= 0.3 is 0 Å². The molecule has 19 heavy (non-hydrogen) atoms. The average Bonchev–Trinajstić information content (AvgIpc) is 2.36. The molecule has 0 spiro atoms. The van der Waals surface area contributed by atoms with Gasteiger partial charge in [-0.2, -0.15) is 0 Å². The number of halogens is 2. The summed E-state index contributed by atoms with van der Waals surface area (Å²) in [6, 6.07) is 13.3. The number of carbonyl (C=O) groups excluding carboxylic acids is 1. The molecule has 96 valence electrons. The van der Waals surface area contributed by atoms with Gasteiger partial charge in [-0.3, -0.25) is 4.79 Å². The van der Waals surface area contributed by atoms with Crippen LogP contribution in [0.5, 0.6) is 0 Å². The quantitative estimate of drug-likeness (QED) is 0.842. The number of nitrogens with one attached hydrogen (secondary N) is 1. The van der Waals surface area contributed by atoms with Crippen molar-refractivity contribution in [1.82, 2.24) is 0 Å². The van der Waals surface area contributed by atoms with E-state index in [2.05, 4.69) is 21.2 Å². The van der Waals surface area contributed by atoms with Crippen LogP contribution in [0.2, 0.25) is 0 Å². The Bertz CT molecular complexity index is 625. The monoisotopic (exact) mass is 319 g/mol. The van der Waals surface area contributed by atoms with Gasteiger partial charge in [-0.15, -0.1) is 0 Å². The summed E-state index contributed by atoms with van der Waals surface area (Å²) in [5, 5.41) is 2.59. The minimum Gasteiger partial charge on any atom is -0.322 e. The van der Waals surface area contributed by atoms with Crippen LogP contribution in [-0.2, 0) is 4.79 Å². The summed E-state index contributed by atoms with van der Waals surface area (Å²) in [5.41, 5.74) is 1.34. The number of hydrogen-bond acceptors (Lipinski definition) is 1. The highest BCUT2D eigenvalue weighted by molar-refractivity contribution is 9.10. The second-order valence-corrected chi connectivity index (χ2v) is 4.80. The molecular weight excluding hydrogens is 309 g/mol. The number of amides is 1. The SMILES string of the molecule is O=C(/C=C/c1cccc(Br)c1)Nc1cccc(F)c1. The molecule has 1 amide bonds. The molecule has 0 aliphatic rings. The molecule has 0 aliphatic carbocycles. The molecule has 2 aromatic carbocycles. The second-order valence-electron chi connectivity index (χ2n) is 3.89. The second kappa shape index (κ2) is 6.29. The molecule has 0 saturated heterocycles. The van der Waals surface area contributed by atoms with Crippen molar-refractivity contribution in [2.24, 2.45) is 0 Å². The van der Waals surface area contributed by atoms with Crippen LogP contribution in [-0.4, -0.2) is 5.91 Å². The van der Waals surface area contributed by atoms with Crippen LogP contribution >= 0.6 is 15.9 Å². The maximum atomic E-state index is 12.9. The first-order valence-electron chi connectivity index (χ1n) is 5.64. The minimum absolute atomic E-state index is 0.300. The molecule has 1 N–H and O–H groups in total. The molecular formula is C15H11BrFNO. The maximum Gasteiger partial charge on any atom is 0.248 e. The summed E-state index contributed by atoms with van der Waals surface area (Å²) in [7, 11) is 0. The van der Waals surface area contributed by atoms with Gasteiger partial charge in [-0.05, 0) is 42.0 Å². The Hall–Kier alpha value is -1.94. The number of benzene rings is 2. The van der Waals surface area contributed by atoms with E-state index < -0.39 is 0 Å². The zero-order valence-corrected chi connectivity index (χ0v) is 11.5. The van der Waals surface area contributed by atoms with Crippen molar-refractivity contribution in [3.63, 3.8) is 0 Å². The van der Waals surface area contributed by atoms with Gasteiger partial charge < -0.3 is 5.32 Å². The summed E-state index contributed by atoms with van der Waals surface area (Å²) in [6.07, 6.45) is 3.10. The third-order valence-electron chi connectivity index (χ3n) is 2.37. The fourth-order valence-electron chi connectivity index (χ4n) is 1.53. The van der Waals surface area contributed by atoms with Gasteiger partial charge in [-0.25, -0.2) is 4.39 Å². The van der Waals surface area contributed by atoms with Gasteiger partial charge in [-0.1, -0.05) is 34.1 Å². The molecule has 0 radical (unpaired) electrons. The van der Waals surface area contributed by atoms with Gasteiger partial charge in [0, 0.05) is 16.2 Å². The van der Waals surface area contributed by atoms with Gasteiger partial charge in [0.05, 0.1) is 0 Å². The van der Waals surface area contributed by atoms with E-state index in [1.54, 1.807) is 18.2 Å². The highest BCUT2D eigenvalue weighted by atomic mass is 79.9. The topological polar surface area (TPSA) is 29.1 Å². The van der Waals surface area contributed by atoms with Crippen LogP contribution in [0.1, 0.15) is 5.56 Å². The van der Waals surface area contributed by atoms with E-state index in [1.165, 1.54) is 18.2 Å². The highest BCUT2D eigenvalue weighted by Gasteiger charge is 1.99. The van der Waals surface area contributed by atoms with Gasteiger partial charge in [0.15, 0.2) is 0 Å². The number of rotatable bonds is 3. The van der Waals surface area contributed by atoms with Crippen LogP contribution in [0.25, 0.3) is 6.08 Å². The van der Waals surface area contributed by atoms with Crippen LogP contribution in [0, 0.1) is 5.82 Å². The molecule has 0 atom stereocenters. The lowest BCUT2D eigenvalue weighted by molar-refractivity contribution is -0.111. The van der Waals surface area contributed by atoms with Crippen molar-refractivity contribution in [2.75, 3.05) is 5.32 Å². The summed E-state index contributed by atoms with van der Waals surface area (Å²) in [4.78, 5) is 11.6. The number of carbonyl (C=O) groups is 1. The Balaban J connectivity index is 2.01. The van der Waals surface area contributed by atoms with Crippen molar-refractivity contribution >= 4 is 33.6 Å². The number of anilines is 1. The molecule has 0 aliphatic heterocycles. The molecule has 0 aromatic heterocycles. The van der Waals surface area contributed by atoms with Crippen LogP contribution < -0.4 is 5.32 Å². The van der Waals surface area contributed by atoms with Crippen molar-refractivity contribution in [3.05, 3.63) is 70.5 Å². The molecule has 0 heterocycles. The summed E-state index contributed by atoms with van der Waals surface area (Å²) >= 11 is 3.35. The molecule has 4 heteroatoms. The predicted octanol–water partition coefficient (Wildman–Crippen LogP) is 4.24. The van der Waals surface area contributed by atoms with E-state index in [0.717, 1.165) is 10.0 Å². The Morgan fingerprint density at radius 3 is 2.68 bits per heavy atom. The molecule has 0 saturated carbocycles. The Kier molecular flexibility index (Phi) is 4.47. The van der Waals surface area contributed by atoms with Crippen LogP contribution in [0.3, 0.4) is 0 Å². The normalized spacial score (nSPS) is 10.6. The Morgan fingerprint density at radius 2 is 1.95 bits per heavy atom. The summed E-state index contributed by atoms with van der Waals surface area (Å²) in [6.45, 7) is 0. The molecule has 0 fully saturated rings. The Morgan fingerprint density at radius 1 is 1.16 bits per heavy atom. The van der Waals surface area contributed by atoms with Crippen molar-refractivity contribution < 1.29 is 9.18 Å². The fraction of sp³-hybridized carbons (Fsp3) is 0. The lowest BCUT2D eigenvalue weighted by Crippen LogP contribution is -2.07. The first-order chi connectivity index (χ1) is 9.13. The van der Waals surface area contributed by atoms with E-state index in [0.29, 0.717) is 5.69 Å². The number of hydrogen-bond donors (Lipinski definition) is 1. The Labute approximate surface area is 119 Å². The van der Waals surface area contributed by atoms with Gasteiger partial charge in [0.2, 0.25) is 5.91 Å². The minimum atomic E-state index is -0.381. The molecule has 0 bridgehead atoms. The zero-order chi connectivity index (χ0) is 13.7. The largest absolute Gasteiger partial charge is 0.322 e. The average molecular weight is 320 g/mol. The fourth-order valence-corrected chi connectivity index (χ4v) is 1.95. The molecule has 0 unspecified atom stereocenters. The highest BCUT2D eigenvalue weighted by Crippen LogP contribution is 2.13. The lowest BCUT2D eigenvalue weighted by atomic mass is 10.2. The third-order valence-corrected chi connectivity index (χ3v) is 2.86. The lowest BCUT2D eigenvalue weighted by Gasteiger charge is -2.01. The van der Waals surface area contributed by atoms with E-state index >= 15 is 0 Å². The van der Waals surface area contributed by atoms with Crippen molar-refractivity contribution in [1.29, 1.82) is 0 Å². The van der Waals surface area contributed by atoms with Gasteiger partial charge in [0.25, 0.3) is 0 Å². The first kappa shape index (κ1) is 13.5. The molecule has 2 rings (SSSR count). The summed E-state index contributed by atoms with van der Waals surface area (Å²) < 4.78 is 13.9. The smallest absolute Gasteiger partial charge is 0.248 e. The van der Waals surface area contributed by atoms with Crippen molar-refractivity contribution in [2.45, 2.75) is 0 Å². The van der Waals surface area contributed by atoms with Gasteiger partial charge in [0.1, 0.15) is 5.82 Å². The van der Waals surface area contributed by atoms with E-state index in [-0.39, 0.29) is 11.7 Å². The van der Waals surface area contributed by atoms with E-state index in [1.807, 2.05) is 24.3 Å². The predicted molar refractivity (Wildman–Crippen MR) is 78.2 cm³/mol. The molecule has 2 nitrogen and oxygen atoms in total. The summed E-state index contributed by atoms with van der Waals surface area (Å²) in [5.74, 6) is -0.681. The maximum absolute atomic E-state index is 12.9. The van der Waals surface area contributed by atoms with Crippen molar-refractivity contribution in [3.8, 4) is 0 Å².